The lowest BCUT2D eigenvalue weighted by Crippen LogP contribution is -2.36. The van der Waals surface area contributed by atoms with E-state index in [1.54, 1.807) is 30.3 Å². The fourth-order valence-electron chi connectivity index (χ4n) is 2.79. The number of ketones is 1. The Morgan fingerprint density at radius 2 is 1.75 bits per heavy atom. The van der Waals surface area contributed by atoms with E-state index in [4.69, 9.17) is 18.9 Å². The summed E-state index contributed by atoms with van der Waals surface area (Å²) in [5, 5.41) is 0. The van der Waals surface area contributed by atoms with E-state index in [1.165, 1.54) is 20.4 Å². The number of morpholine rings is 1. The van der Waals surface area contributed by atoms with Crippen molar-refractivity contribution < 1.29 is 28.5 Å². The highest BCUT2D eigenvalue weighted by molar-refractivity contribution is 5.99. The number of methoxy groups -OCH3 is 2. The number of anilines is 1. The molecule has 0 saturated carbocycles. The van der Waals surface area contributed by atoms with Crippen LogP contribution < -0.4 is 14.4 Å². The maximum absolute atomic E-state index is 12.3. The van der Waals surface area contributed by atoms with E-state index in [-0.39, 0.29) is 18.0 Å². The van der Waals surface area contributed by atoms with Crippen LogP contribution in [0.4, 0.5) is 5.82 Å². The van der Waals surface area contributed by atoms with E-state index < -0.39 is 5.97 Å². The first kappa shape index (κ1) is 19.6. The zero-order chi connectivity index (χ0) is 19.9. The average molecular weight is 386 g/mol. The number of nitrogens with zero attached hydrogens (tertiary/aromatic N) is 2. The molecule has 2 aromatic rings. The minimum atomic E-state index is -0.602. The molecule has 0 bridgehead atoms. The number of rotatable bonds is 7. The SMILES string of the molecule is COc1ccc(C(=O)COC(=O)c2ccc(N3CCOCC3)nc2)cc1OC. The molecule has 8 nitrogen and oxygen atoms in total. The Balaban J connectivity index is 1.58. The van der Waals surface area contributed by atoms with Crippen LogP contribution in [0, 0.1) is 0 Å². The van der Waals surface area contributed by atoms with E-state index in [0.29, 0.717) is 30.3 Å². The molecule has 3 rings (SSSR count). The van der Waals surface area contributed by atoms with Crippen LogP contribution in [-0.4, -0.2) is 63.9 Å². The molecule has 0 spiro atoms. The van der Waals surface area contributed by atoms with Crippen LogP contribution in [0.3, 0.4) is 0 Å². The Bertz CT molecular complexity index is 831. The van der Waals surface area contributed by atoms with E-state index in [0.717, 1.165) is 18.9 Å². The summed E-state index contributed by atoms with van der Waals surface area (Å²) in [7, 11) is 3.00. The molecule has 1 saturated heterocycles. The lowest BCUT2D eigenvalue weighted by Gasteiger charge is -2.27. The molecule has 148 valence electrons. The summed E-state index contributed by atoms with van der Waals surface area (Å²) in [6, 6.07) is 8.17. The molecule has 0 radical (unpaired) electrons. The third-order valence-corrected chi connectivity index (χ3v) is 4.36. The summed E-state index contributed by atoms with van der Waals surface area (Å²) >= 11 is 0. The minimum Gasteiger partial charge on any atom is -0.493 e. The van der Waals surface area contributed by atoms with Gasteiger partial charge in [-0.1, -0.05) is 0 Å². The van der Waals surface area contributed by atoms with Gasteiger partial charge in [0.2, 0.25) is 0 Å². The number of esters is 1. The number of carbonyl (C=O) groups excluding carboxylic acids is 2. The zero-order valence-electron chi connectivity index (χ0n) is 15.8. The highest BCUT2D eigenvalue weighted by atomic mass is 16.5. The number of pyridine rings is 1. The highest BCUT2D eigenvalue weighted by Crippen LogP contribution is 2.27. The maximum atomic E-state index is 12.3. The average Bonchev–Trinajstić information content (AvgIpc) is 2.77. The standard InChI is InChI=1S/C20H22N2O6/c1-25-17-5-3-14(11-18(17)26-2)16(23)13-28-20(24)15-4-6-19(21-12-15)22-7-9-27-10-8-22/h3-6,11-12H,7-10,13H2,1-2H3. The van der Waals surface area contributed by atoms with Crippen LogP contribution in [0.2, 0.25) is 0 Å². The lowest BCUT2D eigenvalue weighted by molar-refractivity contribution is 0.0474. The van der Waals surface area contributed by atoms with Crippen LogP contribution in [0.1, 0.15) is 20.7 Å². The first-order chi connectivity index (χ1) is 13.6. The van der Waals surface area contributed by atoms with Crippen LogP contribution in [0.5, 0.6) is 11.5 Å². The van der Waals surface area contributed by atoms with Crippen molar-refractivity contribution in [3.63, 3.8) is 0 Å². The van der Waals surface area contributed by atoms with Gasteiger partial charge in [-0.15, -0.1) is 0 Å². The van der Waals surface area contributed by atoms with Crippen molar-refractivity contribution in [1.82, 2.24) is 4.98 Å². The van der Waals surface area contributed by atoms with Crippen molar-refractivity contribution in [3.8, 4) is 11.5 Å². The summed E-state index contributed by atoms with van der Waals surface area (Å²) < 4.78 is 20.8. The molecular formula is C20H22N2O6. The molecule has 2 heterocycles. The Morgan fingerprint density at radius 1 is 1.04 bits per heavy atom. The number of aromatic nitrogens is 1. The van der Waals surface area contributed by atoms with Crippen molar-refractivity contribution >= 4 is 17.6 Å². The summed E-state index contributed by atoms with van der Waals surface area (Å²) in [6.07, 6.45) is 1.45. The van der Waals surface area contributed by atoms with Gasteiger partial charge in [-0.05, 0) is 30.3 Å². The smallest absolute Gasteiger partial charge is 0.340 e. The molecule has 1 aromatic carbocycles. The van der Waals surface area contributed by atoms with Gasteiger partial charge in [-0.25, -0.2) is 9.78 Å². The largest absolute Gasteiger partial charge is 0.493 e. The molecule has 0 unspecified atom stereocenters. The van der Waals surface area contributed by atoms with Gasteiger partial charge in [0.1, 0.15) is 5.82 Å². The fraction of sp³-hybridized carbons (Fsp3) is 0.350. The molecule has 1 aliphatic heterocycles. The first-order valence-corrected chi connectivity index (χ1v) is 8.83. The van der Waals surface area contributed by atoms with Crippen LogP contribution in [0.25, 0.3) is 0 Å². The number of ether oxygens (including phenoxy) is 4. The molecule has 0 atom stereocenters. The zero-order valence-corrected chi connectivity index (χ0v) is 15.8. The van der Waals surface area contributed by atoms with Gasteiger partial charge in [0.25, 0.3) is 0 Å². The molecule has 1 fully saturated rings. The highest BCUT2D eigenvalue weighted by Gasteiger charge is 2.16. The van der Waals surface area contributed by atoms with Gasteiger partial charge in [-0.2, -0.15) is 0 Å². The van der Waals surface area contributed by atoms with E-state index in [9.17, 15) is 9.59 Å². The third-order valence-electron chi connectivity index (χ3n) is 4.36. The monoisotopic (exact) mass is 386 g/mol. The van der Waals surface area contributed by atoms with E-state index in [1.807, 2.05) is 0 Å². The summed E-state index contributed by atoms with van der Waals surface area (Å²) in [5.74, 6) is 0.786. The Morgan fingerprint density at radius 3 is 2.39 bits per heavy atom. The molecule has 8 heteroatoms. The Kier molecular flexibility index (Phi) is 6.44. The second-order valence-corrected chi connectivity index (χ2v) is 6.07. The third kappa shape index (κ3) is 4.58. The van der Waals surface area contributed by atoms with Crippen LogP contribution in [-0.2, 0) is 9.47 Å². The summed E-state index contributed by atoms with van der Waals surface area (Å²) in [4.78, 5) is 30.9. The number of Topliss-reactive ketones (excluding diaryl/α,β-unsaturated/α-hetero) is 1. The van der Waals surface area contributed by atoms with Crippen LogP contribution in [0.15, 0.2) is 36.5 Å². The summed E-state index contributed by atoms with van der Waals surface area (Å²) in [6.45, 7) is 2.46. The molecule has 0 N–H and O–H groups in total. The van der Waals surface area contributed by atoms with Gasteiger partial charge >= 0.3 is 5.97 Å². The Labute approximate surface area is 163 Å². The number of hydrogen-bond donors (Lipinski definition) is 0. The van der Waals surface area contributed by atoms with E-state index in [2.05, 4.69) is 9.88 Å². The minimum absolute atomic E-state index is 0.289. The van der Waals surface area contributed by atoms with Gasteiger partial charge in [0.15, 0.2) is 23.9 Å². The second-order valence-electron chi connectivity index (χ2n) is 6.07. The van der Waals surface area contributed by atoms with Gasteiger partial charge < -0.3 is 23.8 Å². The molecular weight excluding hydrogens is 364 g/mol. The quantitative estimate of drug-likeness (QED) is 0.527. The first-order valence-electron chi connectivity index (χ1n) is 8.83. The van der Waals surface area contributed by atoms with Gasteiger partial charge in [0.05, 0.1) is 33.0 Å². The number of benzene rings is 1. The predicted molar refractivity (Wildman–Crippen MR) is 101 cm³/mol. The van der Waals surface area contributed by atoms with Crippen LogP contribution >= 0.6 is 0 Å². The topological polar surface area (TPSA) is 87.2 Å². The summed E-state index contributed by atoms with van der Waals surface area (Å²) in [5.41, 5.74) is 0.656. The van der Waals surface area contributed by atoms with Crippen molar-refractivity contribution in [1.29, 1.82) is 0 Å². The lowest BCUT2D eigenvalue weighted by atomic mass is 10.1. The van der Waals surface area contributed by atoms with Crippen molar-refractivity contribution in [2.75, 3.05) is 52.0 Å². The molecule has 1 aliphatic rings. The number of hydrogen-bond acceptors (Lipinski definition) is 8. The van der Waals surface area contributed by atoms with Gasteiger partial charge in [0, 0.05) is 24.8 Å². The van der Waals surface area contributed by atoms with Crippen molar-refractivity contribution in [2.45, 2.75) is 0 Å². The normalized spacial score (nSPS) is 13.7. The molecule has 0 amide bonds. The number of carbonyl (C=O) groups is 2. The van der Waals surface area contributed by atoms with Crippen molar-refractivity contribution in [2.24, 2.45) is 0 Å². The van der Waals surface area contributed by atoms with Gasteiger partial charge in [-0.3, -0.25) is 4.79 Å². The van der Waals surface area contributed by atoms with Crippen molar-refractivity contribution in [3.05, 3.63) is 47.7 Å². The predicted octanol–water partition coefficient (Wildman–Crippen LogP) is 1.98. The molecule has 1 aromatic heterocycles. The van der Waals surface area contributed by atoms with E-state index >= 15 is 0 Å². The Hall–Kier alpha value is -3.13. The maximum Gasteiger partial charge on any atom is 0.340 e. The molecule has 28 heavy (non-hydrogen) atoms. The fourth-order valence-corrected chi connectivity index (χ4v) is 2.79. The molecule has 0 aliphatic carbocycles. The second kappa shape index (κ2) is 9.18.